The van der Waals surface area contributed by atoms with Gasteiger partial charge >= 0.3 is 0 Å². The molecule has 0 atom stereocenters. The maximum absolute atomic E-state index is 6.05. The van der Waals surface area contributed by atoms with Crippen LogP contribution in [-0.2, 0) is 0 Å². The Morgan fingerprint density at radius 1 is 1.18 bits per heavy atom. The molecule has 1 aromatic rings. The topological polar surface area (TPSA) is 32.5 Å². The second-order valence-electron chi connectivity index (χ2n) is 4.80. The Morgan fingerprint density at radius 2 is 1.88 bits per heavy atom. The van der Waals surface area contributed by atoms with Crippen molar-refractivity contribution in [3.8, 4) is 0 Å². The van der Waals surface area contributed by atoms with Gasteiger partial charge in [-0.25, -0.2) is 0 Å². The molecule has 1 aromatic carbocycles. The van der Waals surface area contributed by atoms with Gasteiger partial charge in [-0.15, -0.1) is 0 Å². The molecule has 0 radical (unpaired) electrons. The summed E-state index contributed by atoms with van der Waals surface area (Å²) in [6.07, 6.45) is 1.16. The molecule has 1 rings (SSSR count). The summed E-state index contributed by atoms with van der Waals surface area (Å²) < 4.78 is 0. The Morgan fingerprint density at radius 3 is 2.47 bits per heavy atom. The summed E-state index contributed by atoms with van der Waals surface area (Å²) in [5.74, 6) is 0. The van der Waals surface area contributed by atoms with E-state index in [0.717, 1.165) is 31.7 Å². The highest BCUT2D eigenvalue weighted by molar-refractivity contribution is 5.68. The largest absolute Gasteiger partial charge is 0.397 e. The smallest absolute Gasteiger partial charge is 0.0602 e. The lowest BCUT2D eigenvalue weighted by atomic mass is 10.1. The molecule has 17 heavy (non-hydrogen) atoms. The first-order chi connectivity index (χ1) is 8.04. The van der Waals surface area contributed by atoms with E-state index in [4.69, 9.17) is 5.73 Å². The maximum atomic E-state index is 6.05. The second kappa shape index (κ2) is 6.50. The normalized spacial score (nSPS) is 10.9. The Balaban J connectivity index is 2.68. The molecule has 0 saturated carbocycles. The summed E-state index contributed by atoms with van der Waals surface area (Å²) in [6.45, 7) is 7.46. The highest BCUT2D eigenvalue weighted by Crippen LogP contribution is 2.24. The molecule has 0 unspecified atom stereocenters. The van der Waals surface area contributed by atoms with E-state index in [1.54, 1.807) is 0 Å². The number of hydrogen-bond donors (Lipinski definition) is 1. The predicted molar refractivity (Wildman–Crippen MR) is 76.6 cm³/mol. The Bertz CT molecular complexity index is 347. The number of aryl methyl sites for hydroxylation is 1. The van der Waals surface area contributed by atoms with E-state index in [2.05, 4.69) is 49.9 Å². The van der Waals surface area contributed by atoms with Crippen molar-refractivity contribution in [1.29, 1.82) is 0 Å². The summed E-state index contributed by atoms with van der Waals surface area (Å²) in [6, 6.07) is 6.24. The van der Waals surface area contributed by atoms with Crippen LogP contribution in [0.4, 0.5) is 11.4 Å². The molecule has 0 aliphatic heterocycles. The fourth-order valence-corrected chi connectivity index (χ4v) is 1.95. The number of hydrogen-bond acceptors (Lipinski definition) is 3. The van der Waals surface area contributed by atoms with Gasteiger partial charge in [-0.3, -0.25) is 0 Å². The average Bonchev–Trinajstić information content (AvgIpc) is 2.28. The van der Waals surface area contributed by atoms with Crippen molar-refractivity contribution in [1.82, 2.24) is 4.90 Å². The summed E-state index contributed by atoms with van der Waals surface area (Å²) in [4.78, 5) is 4.57. The van der Waals surface area contributed by atoms with Gasteiger partial charge in [-0.05, 0) is 58.6 Å². The van der Waals surface area contributed by atoms with Gasteiger partial charge in [0.25, 0.3) is 0 Å². The van der Waals surface area contributed by atoms with Crippen LogP contribution in [0.25, 0.3) is 0 Å². The van der Waals surface area contributed by atoms with Crippen LogP contribution in [0.3, 0.4) is 0 Å². The number of nitrogens with zero attached hydrogens (tertiary/aromatic N) is 2. The number of nitrogens with two attached hydrogens (primary N) is 1. The molecular formula is C14H25N3. The van der Waals surface area contributed by atoms with E-state index in [9.17, 15) is 0 Å². The Hall–Kier alpha value is -1.22. The van der Waals surface area contributed by atoms with E-state index in [1.807, 2.05) is 6.07 Å². The van der Waals surface area contributed by atoms with Gasteiger partial charge in [0.2, 0.25) is 0 Å². The number of rotatable bonds is 6. The van der Waals surface area contributed by atoms with E-state index in [0.29, 0.717) is 0 Å². The molecule has 3 heteroatoms. The zero-order chi connectivity index (χ0) is 12.8. The molecule has 96 valence electrons. The molecule has 0 aliphatic carbocycles. The van der Waals surface area contributed by atoms with E-state index >= 15 is 0 Å². The van der Waals surface area contributed by atoms with Gasteiger partial charge in [0.05, 0.1) is 11.4 Å². The number of nitrogen functional groups attached to an aromatic ring is 1. The summed E-state index contributed by atoms with van der Waals surface area (Å²) in [5.41, 5.74) is 9.36. The van der Waals surface area contributed by atoms with Crippen LogP contribution in [0.5, 0.6) is 0 Å². The van der Waals surface area contributed by atoms with Gasteiger partial charge in [0.1, 0.15) is 0 Å². The highest BCUT2D eigenvalue weighted by Gasteiger charge is 2.08. The van der Waals surface area contributed by atoms with Crippen molar-refractivity contribution in [2.45, 2.75) is 20.3 Å². The zero-order valence-corrected chi connectivity index (χ0v) is 11.5. The standard InChI is InChI=1S/C14H25N3/c1-5-17(10-6-9-16(3)4)14-11-12(2)7-8-13(14)15/h7-8,11H,5-6,9-10,15H2,1-4H3. The van der Waals surface area contributed by atoms with Crippen LogP contribution in [-0.4, -0.2) is 38.6 Å². The molecule has 0 amide bonds. The van der Waals surface area contributed by atoms with Crippen molar-refractivity contribution >= 4 is 11.4 Å². The summed E-state index contributed by atoms with van der Waals surface area (Å²) in [7, 11) is 4.22. The van der Waals surface area contributed by atoms with Crippen LogP contribution >= 0.6 is 0 Å². The lowest BCUT2D eigenvalue weighted by molar-refractivity contribution is 0.400. The minimum absolute atomic E-state index is 0.877. The van der Waals surface area contributed by atoms with E-state index < -0.39 is 0 Å². The molecule has 0 heterocycles. The zero-order valence-electron chi connectivity index (χ0n) is 11.5. The van der Waals surface area contributed by atoms with Crippen LogP contribution in [0.15, 0.2) is 18.2 Å². The monoisotopic (exact) mass is 235 g/mol. The van der Waals surface area contributed by atoms with Crippen molar-refractivity contribution in [3.63, 3.8) is 0 Å². The van der Waals surface area contributed by atoms with E-state index in [-0.39, 0.29) is 0 Å². The van der Waals surface area contributed by atoms with Gasteiger partial charge in [-0.1, -0.05) is 6.07 Å². The second-order valence-corrected chi connectivity index (χ2v) is 4.80. The highest BCUT2D eigenvalue weighted by atomic mass is 15.1. The third kappa shape index (κ3) is 4.27. The molecule has 0 spiro atoms. The minimum Gasteiger partial charge on any atom is -0.397 e. The first-order valence-electron chi connectivity index (χ1n) is 6.30. The van der Waals surface area contributed by atoms with Crippen LogP contribution < -0.4 is 10.6 Å². The number of anilines is 2. The Labute approximate surface area is 105 Å². The molecule has 0 saturated heterocycles. The third-order valence-corrected chi connectivity index (χ3v) is 2.94. The maximum Gasteiger partial charge on any atom is 0.0602 e. The van der Waals surface area contributed by atoms with Crippen molar-refractivity contribution in [3.05, 3.63) is 23.8 Å². The van der Waals surface area contributed by atoms with Gasteiger partial charge in [-0.2, -0.15) is 0 Å². The van der Waals surface area contributed by atoms with Crippen LogP contribution in [0.2, 0.25) is 0 Å². The molecular weight excluding hydrogens is 210 g/mol. The molecule has 0 bridgehead atoms. The summed E-state index contributed by atoms with van der Waals surface area (Å²) >= 11 is 0. The van der Waals surface area contributed by atoms with Crippen LogP contribution in [0.1, 0.15) is 18.9 Å². The molecule has 3 nitrogen and oxygen atoms in total. The molecule has 2 N–H and O–H groups in total. The summed E-state index contributed by atoms with van der Waals surface area (Å²) in [5, 5.41) is 0. The quantitative estimate of drug-likeness (QED) is 0.768. The molecule has 0 fully saturated rings. The molecule has 0 aliphatic rings. The van der Waals surface area contributed by atoms with Crippen LogP contribution in [0, 0.1) is 6.92 Å². The minimum atomic E-state index is 0.877. The van der Waals surface area contributed by atoms with E-state index in [1.165, 1.54) is 11.3 Å². The molecule has 0 aromatic heterocycles. The van der Waals surface area contributed by atoms with Gasteiger partial charge in [0, 0.05) is 13.1 Å². The first-order valence-corrected chi connectivity index (χ1v) is 6.30. The fourth-order valence-electron chi connectivity index (χ4n) is 1.95. The van der Waals surface area contributed by atoms with Crippen molar-refractivity contribution in [2.24, 2.45) is 0 Å². The SMILES string of the molecule is CCN(CCCN(C)C)c1cc(C)ccc1N. The lowest BCUT2D eigenvalue weighted by Gasteiger charge is -2.25. The van der Waals surface area contributed by atoms with Gasteiger partial charge in [0.15, 0.2) is 0 Å². The average molecular weight is 235 g/mol. The lowest BCUT2D eigenvalue weighted by Crippen LogP contribution is -2.27. The van der Waals surface area contributed by atoms with Crippen molar-refractivity contribution < 1.29 is 0 Å². The Kier molecular flexibility index (Phi) is 5.29. The first kappa shape index (κ1) is 13.8. The fraction of sp³-hybridized carbons (Fsp3) is 0.571. The number of benzene rings is 1. The third-order valence-electron chi connectivity index (χ3n) is 2.94. The van der Waals surface area contributed by atoms with Gasteiger partial charge < -0.3 is 15.5 Å². The van der Waals surface area contributed by atoms with Crippen molar-refractivity contribution in [2.75, 3.05) is 44.4 Å². The predicted octanol–water partition coefficient (Wildman–Crippen LogP) is 2.36.